The molecule has 1 heterocycles. The molecule has 3 atom stereocenters. The minimum atomic E-state index is 0.280. The van der Waals surface area contributed by atoms with Crippen LogP contribution in [0.4, 0.5) is 0 Å². The van der Waals surface area contributed by atoms with Gasteiger partial charge in [0.2, 0.25) is 0 Å². The van der Waals surface area contributed by atoms with E-state index in [0.717, 1.165) is 38.7 Å². The van der Waals surface area contributed by atoms with Gasteiger partial charge in [-0.2, -0.15) is 0 Å². The zero-order chi connectivity index (χ0) is 12.3. The lowest BCUT2D eigenvalue weighted by molar-refractivity contribution is -0.113. The average molecular weight is 239 g/mol. The normalized spacial score (nSPS) is 34.1. The van der Waals surface area contributed by atoms with Gasteiger partial charge in [-0.15, -0.1) is 6.58 Å². The minimum Gasteiger partial charge on any atom is -0.380 e. The predicted octanol–water partition coefficient (Wildman–Crippen LogP) is 1.98. The summed E-state index contributed by atoms with van der Waals surface area (Å²) < 4.78 is 11.3. The Hall–Kier alpha value is -0.380. The Morgan fingerprint density at radius 1 is 1.47 bits per heavy atom. The Morgan fingerprint density at radius 2 is 2.29 bits per heavy atom. The topological polar surface area (TPSA) is 30.5 Å². The van der Waals surface area contributed by atoms with Gasteiger partial charge in [0.05, 0.1) is 19.3 Å². The second-order valence-corrected chi connectivity index (χ2v) is 5.69. The summed E-state index contributed by atoms with van der Waals surface area (Å²) in [5.74, 6) is 0.721. The van der Waals surface area contributed by atoms with E-state index in [4.69, 9.17) is 9.47 Å². The molecule has 98 valence electrons. The summed E-state index contributed by atoms with van der Waals surface area (Å²) in [7, 11) is 0. The molecule has 0 radical (unpaired) electrons. The summed E-state index contributed by atoms with van der Waals surface area (Å²) in [6, 6.07) is 0.595. The molecule has 2 fully saturated rings. The van der Waals surface area contributed by atoms with Crippen LogP contribution in [0.5, 0.6) is 0 Å². The predicted molar refractivity (Wildman–Crippen MR) is 69.1 cm³/mol. The molecule has 0 aromatic carbocycles. The highest BCUT2D eigenvalue weighted by Crippen LogP contribution is 2.51. The molecule has 0 aromatic heterocycles. The molecular formula is C14H25NO2. The van der Waals surface area contributed by atoms with Gasteiger partial charge in [-0.05, 0) is 12.8 Å². The largest absolute Gasteiger partial charge is 0.380 e. The molecule has 1 aliphatic carbocycles. The third-order valence-electron chi connectivity index (χ3n) is 4.18. The summed E-state index contributed by atoms with van der Waals surface area (Å²) in [6.07, 6.45) is 4.51. The van der Waals surface area contributed by atoms with Crippen LogP contribution >= 0.6 is 0 Å². The summed E-state index contributed by atoms with van der Waals surface area (Å²) in [6.45, 7) is 11.7. The minimum absolute atomic E-state index is 0.280. The molecule has 17 heavy (non-hydrogen) atoms. The molecule has 0 spiro atoms. The van der Waals surface area contributed by atoms with Crippen molar-refractivity contribution in [1.82, 2.24) is 5.32 Å². The van der Waals surface area contributed by atoms with Crippen molar-refractivity contribution >= 4 is 0 Å². The lowest BCUT2D eigenvalue weighted by atomic mass is 9.57. The van der Waals surface area contributed by atoms with E-state index >= 15 is 0 Å². The Bertz CT molecular complexity index is 265. The van der Waals surface area contributed by atoms with Gasteiger partial charge in [0.25, 0.3) is 0 Å². The van der Waals surface area contributed by atoms with Crippen molar-refractivity contribution in [3.63, 3.8) is 0 Å². The summed E-state index contributed by atoms with van der Waals surface area (Å²) in [5.41, 5.74) is 0.280. The fraction of sp³-hybridized carbons (Fsp3) is 0.857. The molecule has 1 saturated carbocycles. The highest BCUT2D eigenvalue weighted by atomic mass is 16.5. The fourth-order valence-electron chi connectivity index (χ4n) is 3.29. The number of ether oxygens (including phenoxy) is 2. The summed E-state index contributed by atoms with van der Waals surface area (Å²) in [5, 5.41) is 3.63. The van der Waals surface area contributed by atoms with Crippen LogP contribution in [-0.4, -0.2) is 38.5 Å². The lowest BCUT2D eigenvalue weighted by Gasteiger charge is -2.55. The van der Waals surface area contributed by atoms with Crippen LogP contribution in [0.1, 0.15) is 26.7 Å². The van der Waals surface area contributed by atoms with E-state index in [1.807, 2.05) is 6.08 Å². The van der Waals surface area contributed by atoms with Crippen LogP contribution < -0.4 is 5.32 Å². The van der Waals surface area contributed by atoms with Crippen LogP contribution in [-0.2, 0) is 9.47 Å². The van der Waals surface area contributed by atoms with E-state index in [2.05, 4.69) is 25.7 Å². The maximum Gasteiger partial charge on any atom is 0.0685 e. The highest BCUT2D eigenvalue weighted by molar-refractivity contribution is 5.11. The first-order valence-corrected chi connectivity index (χ1v) is 6.71. The van der Waals surface area contributed by atoms with Gasteiger partial charge in [0.15, 0.2) is 0 Å². The van der Waals surface area contributed by atoms with Crippen LogP contribution in [0.2, 0.25) is 0 Å². The summed E-state index contributed by atoms with van der Waals surface area (Å²) in [4.78, 5) is 0. The number of rotatable bonds is 7. The van der Waals surface area contributed by atoms with E-state index in [1.165, 1.54) is 6.42 Å². The van der Waals surface area contributed by atoms with Crippen molar-refractivity contribution in [3.8, 4) is 0 Å². The Kier molecular flexibility index (Phi) is 4.23. The van der Waals surface area contributed by atoms with E-state index in [1.54, 1.807) is 0 Å². The van der Waals surface area contributed by atoms with E-state index in [9.17, 15) is 0 Å². The maximum atomic E-state index is 5.77. The highest BCUT2D eigenvalue weighted by Gasteiger charge is 2.58. The van der Waals surface area contributed by atoms with Crippen molar-refractivity contribution < 1.29 is 9.47 Å². The monoisotopic (exact) mass is 239 g/mol. The van der Waals surface area contributed by atoms with E-state index in [0.29, 0.717) is 12.1 Å². The first kappa shape index (κ1) is 13.1. The molecular weight excluding hydrogens is 214 g/mol. The Balaban J connectivity index is 1.64. The van der Waals surface area contributed by atoms with Gasteiger partial charge in [0, 0.05) is 30.5 Å². The second kappa shape index (κ2) is 5.51. The first-order chi connectivity index (χ1) is 8.18. The lowest BCUT2D eigenvalue weighted by Crippen LogP contribution is -2.66. The van der Waals surface area contributed by atoms with Crippen LogP contribution in [0.25, 0.3) is 0 Å². The molecule has 0 amide bonds. The number of nitrogens with one attached hydrogen (secondary N) is 1. The standard InChI is InChI=1S/C14H25NO2/c1-4-5-8-16-10-7-15-12-11-6-9-17-13(11)14(12,2)3/h4,11-13,15H,1,5-10H2,2-3H3. The van der Waals surface area contributed by atoms with Gasteiger partial charge in [-0.1, -0.05) is 19.9 Å². The van der Waals surface area contributed by atoms with Gasteiger partial charge in [-0.3, -0.25) is 0 Å². The smallest absolute Gasteiger partial charge is 0.0685 e. The van der Waals surface area contributed by atoms with Crippen molar-refractivity contribution in [1.29, 1.82) is 0 Å². The van der Waals surface area contributed by atoms with Crippen molar-refractivity contribution in [2.24, 2.45) is 11.3 Å². The first-order valence-electron chi connectivity index (χ1n) is 6.71. The molecule has 2 aliphatic rings. The molecule has 3 unspecified atom stereocenters. The fourth-order valence-corrected chi connectivity index (χ4v) is 3.29. The molecule has 1 N–H and O–H groups in total. The third-order valence-corrected chi connectivity index (χ3v) is 4.18. The quantitative estimate of drug-likeness (QED) is 0.544. The summed E-state index contributed by atoms with van der Waals surface area (Å²) >= 11 is 0. The SMILES string of the molecule is C=CCCOCCNC1C2CCOC2C1(C)C. The Labute approximate surface area is 105 Å². The molecule has 0 bridgehead atoms. The molecule has 3 heteroatoms. The zero-order valence-electron chi connectivity index (χ0n) is 11.1. The molecule has 0 aromatic rings. The molecule has 2 rings (SSSR count). The third kappa shape index (κ3) is 2.56. The van der Waals surface area contributed by atoms with E-state index in [-0.39, 0.29) is 5.41 Å². The number of hydrogen-bond acceptors (Lipinski definition) is 3. The van der Waals surface area contributed by atoms with Gasteiger partial charge in [-0.25, -0.2) is 0 Å². The van der Waals surface area contributed by atoms with Crippen LogP contribution in [0.3, 0.4) is 0 Å². The average Bonchev–Trinajstić information content (AvgIpc) is 2.74. The van der Waals surface area contributed by atoms with Gasteiger partial charge in [0.1, 0.15) is 0 Å². The molecule has 3 nitrogen and oxygen atoms in total. The van der Waals surface area contributed by atoms with Crippen molar-refractivity contribution in [3.05, 3.63) is 12.7 Å². The maximum absolute atomic E-state index is 5.77. The van der Waals surface area contributed by atoms with Crippen LogP contribution in [0.15, 0.2) is 12.7 Å². The Morgan fingerprint density at radius 3 is 3.06 bits per heavy atom. The molecule has 1 saturated heterocycles. The van der Waals surface area contributed by atoms with Gasteiger partial charge >= 0.3 is 0 Å². The molecule has 1 aliphatic heterocycles. The van der Waals surface area contributed by atoms with Crippen molar-refractivity contribution in [2.75, 3.05) is 26.4 Å². The van der Waals surface area contributed by atoms with E-state index < -0.39 is 0 Å². The van der Waals surface area contributed by atoms with Crippen LogP contribution in [0, 0.1) is 11.3 Å². The number of hydrogen-bond donors (Lipinski definition) is 1. The number of fused-ring (bicyclic) bond motifs is 1. The zero-order valence-corrected chi connectivity index (χ0v) is 11.1. The second-order valence-electron chi connectivity index (χ2n) is 5.69. The van der Waals surface area contributed by atoms with Crippen molar-refractivity contribution in [2.45, 2.75) is 38.8 Å². The van der Waals surface area contributed by atoms with Gasteiger partial charge < -0.3 is 14.8 Å².